The van der Waals surface area contributed by atoms with E-state index < -0.39 is 6.04 Å². The Hall–Kier alpha value is -1.95. The molecule has 0 fully saturated rings. The molecule has 2 atom stereocenters. The molecule has 0 aliphatic carbocycles. The molecule has 2 aromatic rings. The zero-order valence-corrected chi connectivity index (χ0v) is 20.1. The van der Waals surface area contributed by atoms with Crippen LogP contribution in [0.15, 0.2) is 42.5 Å². The van der Waals surface area contributed by atoms with Gasteiger partial charge in [0.1, 0.15) is 11.8 Å². The number of nitrogens with zero attached hydrogens (tertiary/aromatic N) is 1. The van der Waals surface area contributed by atoms with E-state index in [9.17, 15) is 9.59 Å². The highest BCUT2D eigenvalue weighted by atomic mass is 35.5. The molecule has 2 aromatic carbocycles. The molecule has 0 radical (unpaired) electrons. The molecule has 8 heteroatoms. The van der Waals surface area contributed by atoms with Crippen molar-refractivity contribution in [3.8, 4) is 5.75 Å². The summed E-state index contributed by atoms with van der Waals surface area (Å²) in [5.41, 5.74) is 0.768. The van der Waals surface area contributed by atoms with Crippen molar-refractivity contribution in [3.63, 3.8) is 0 Å². The van der Waals surface area contributed by atoms with Crippen LogP contribution in [0.25, 0.3) is 0 Å². The van der Waals surface area contributed by atoms with Crippen LogP contribution in [0.1, 0.15) is 39.2 Å². The molecule has 1 N–H and O–H groups in total. The van der Waals surface area contributed by atoms with Crippen molar-refractivity contribution in [2.45, 2.75) is 52.2 Å². The maximum atomic E-state index is 13.1. The van der Waals surface area contributed by atoms with E-state index in [4.69, 9.17) is 39.5 Å². The number of nitrogens with one attached hydrogen (secondary N) is 1. The van der Waals surface area contributed by atoms with Crippen molar-refractivity contribution in [1.29, 1.82) is 0 Å². The molecule has 0 bridgehead atoms. The van der Waals surface area contributed by atoms with E-state index in [1.165, 1.54) is 4.90 Å². The number of ether oxygens (including phenoxy) is 1. The van der Waals surface area contributed by atoms with Crippen molar-refractivity contribution < 1.29 is 14.3 Å². The number of benzene rings is 2. The Morgan fingerprint density at radius 2 is 1.68 bits per heavy atom. The van der Waals surface area contributed by atoms with Crippen molar-refractivity contribution in [2.75, 3.05) is 6.61 Å². The molecule has 0 aromatic heterocycles. The van der Waals surface area contributed by atoms with Gasteiger partial charge in [-0.2, -0.15) is 0 Å². The summed E-state index contributed by atoms with van der Waals surface area (Å²) >= 11 is 18.1. The van der Waals surface area contributed by atoms with E-state index >= 15 is 0 Å². The van der Waals surface area contributed by atoms with Gasteiger partial charge in [-0.05, 0) is 61.7 Å². The summed E-state index contributed by atoms with van der Waals surface area (Å²) in [6.45, 7) is 5.78. The van der Waals surface area contributed by atoms with Gasteiger partial charge in [-0.15, -0.1) is 0 Å². The lowest BCUT2D eigenvalue weighted by molar-refractivity contribution is -0.143. The van der Waals surface area contributed by atoms with Crippen LogP contribution in [0.2, 0.25) is 15.1 Å². The number of carbonyl (C=O) groups excluding carboxylic acids is 2. The van der Waals surface area contributed by atoms with Crippen LogP contribution in [0.3, 0.4) is 0 Å². The Labute approximate surface area is 198 Å². The highest BCUT2D eigenvalue weighted by Crippen LogP contribution is 2.24. The molecular weight excluding hydrogens is 459 g/mol. The lowest BCUT2D eigenvalue weighted by atomic mass is 10.1. The molecule has 0 aliphatic heterocycles. The second-order valence-electron chi connectivity index (χ2n) is 7.25. The molecular formula is C23H27Cl3N2O3. The standard InChI is InChI=1S/C23H27Cl3N2O3/c1-4-15(3)27-23(30)21(5-2)28(13-16-6-11-19(25)20(26)12-16)22(29)14-31-18-9-7-17(24)8-10-18/h6-12,15,21H,4-5,13-14H2,1-3H3,(H,27,30)/t15-,21-/m0/s1. The first-order valence-electron chi connectivity index (χ1n) is 10.2. The molecule has 5 nitrogen and oxygen atoms in total. The quantitative estimate of drug-likeness (QED) is 0.466. The molecule has 2 amide bonds. The highest BCUT2D eigenvalue weighted by molar-refractivity contribution is 6.42. The van der Waals surface area contributed by atoms with Gasteiger partial charge in [-0.1, -0.05) is 54.7 Å². The molecule has 168 valence electrons. The molecule has 0 saturated carbocycles. The van der Waals surface area contributed by atoms with Gasteiger partial charge in [0.25, 0.3) is 5.91 Å². The van der Waals surface area contributed by atoms with Crippen molar-refractivity contribution in [1.82, 2.24) is 10.2 Å². The van der Waals surface area contributed by atoms with Crippen LogP contribution in [-0.2, 0) is 16.1 Å². The second-order valence-corrected chi connectivity index (χ2v) is 8.51. The average molecular weight is 486 g/mol. The zero-order chi connectivity index (χ0) is 23.0. The van der Waals surface area contributed by atoms with Crippen molar-refractivity contribution >= 4 is 46.6 Å². The Morgan fingerprint density at radius 3 is 2.26 bits per heavy atom. The number of amides is 2. The summed E-state index contributed by atoms with van der Waals surface area (Å²) in [6.07, 6.45) is 1.25. The maximum Gasteiger partial charge on any atom is 0.261 e. The van der Waals surface area contributed by atoms with Crippen LogP contribution in [0, 0.1) is 0 Å². The minimum atomic E-state index is -0.648. The molecule has 0 saturated heterocycles. The van der Waals surface area contributed by atoms with E-state index in [0.29, 0.717) is 27.2 Å². The second kappa shape index (κ2) is 12.2. The normalized spacial score (nSPS) is 12.7. The van der Waals surface area contributed by atoms with Gasteiger partial charge in [0.15, 0.2) is 6.61 Å². The lowest BCUT2D eigenvalue weighted by Gasteiger charge is -2.31. The Bertz CT molecular complexity index is 890. The molecule has 2 rings (SSSR count). The van der Waals surface area contributed by atoms with Crippen LogP contribution in [-0.4, -0.2) is 35.4 Å². The predicted molar refractivity (Wildman–Crippen MR) is 126 cm³/mol. The fourth-order valence-corrected chi connectivity index (χ4v) is 3.40. The Balaban J connectivity index is 2.23. The van der Waals surface area contributed by atoms with Gasteiger partial charge >= 0.3 is 0 Å². The smallest absolute Gasteiger partial charge is 0.261 e. The largest absolute Gasteiger partial charge is 0.484 e. The van der Waals surface area contributed by atoms with E-state index in [2.05, 4.69) is 5.32 Å². The summed E-state index contributed by atoms with van der Waals surface area (Å²) in [7, 11) is 0. The first-order valence-corrected chi connectivity index (χ1v) is 11.3. The third-order valence-electron chi connectivity index (χ3n) is 4.90. The van der Waals surface area contributed by atoms with Gasteiger partial charge in [-0.25, -0.2) is 0 Å². The van der Waals surface area contributed by atoms with Gasteiger partial charge in [0.05, 0.1) is 10.0 Å². The molecule has 0 unspecified atom stereocenters. The zero-order valence-electron chi connectivity index (χ0n) is 17.8. The SMILES string of the molecule is CC[C@H](C)NC(=O)[C@H](CC)N(Cc1ccc(Cl)c(Cl)c1)C(=O)COc1ccc(Cl)cc1. The van der Waals surface area contributed by atoms with E-state index in [1.54, 1.807) is 42.5 Å². The van der Waals surface area contributed by atoms with E-state index in [-0.39, 0.29) is 31.0 Å². The number of hydrogen-bond acceptors (Lipinski definition) is 3. The van der Waals surface area contributed by atoms with E-state index in [1.807, 2.05) is 20.8 Å². The summed E-state index contributed by atoms with van der Waals surface area (Å²) in [6, 6.07) is 11.3. The summed E-state index contributed by atoms with van der Waals surface area (Å²) in [4.78, 5) is 27.6. The van der Waals surface area contributed by atoms with E-state index in [0.717, 1.165) is 12.0 Å². The third-order valence-corrected chi connectivity index (χ3v) is 5.89. The lowest BCUT2D eigenvalue weighted by Crippen LogP contribution is -2.51. The first-order chi connectivity index (χ1) is 14.7. The van der Waals surface area contributed by atoms with Gasteiger partial charge in [-0.3, -0.25) is 9.59 Å². The molecule has 0 spiro atoms. The van der Waals surface area contributed by atoms with Crippen LogP contribution >= 0.6 is 34.8 Å². The predicted octanol–water partition coefficient (Wildman–Crippen LogP) is 5.75. The van der Waals surface area contributed by atoms with Crippen molar-refractivity contribution in [3.05, 3.63) is 63.1 Å². The van der Waals surface area contributed by atoms with Crippen LogP contribution in [0.4, 0.5) is 0 Å². The highest BCUT2D eigenvalue weighted by Gasteiger charge is 2.29. The summed E-state index contributed by atoms with van der Waals surface area (Å²) < 4.78 is 5.63. The molecule has 0 aliphatic rings. The molecule has 0 heterocycles. The summed E-state index contributed by atoms with van der Waals surface area (Å²) in [5.74, 6) is 0.00766. The Morgan fingerprint density at radius 1 is 1.00 bits per heavy atom. The third kappa shape index (κ3) is 7.60. The van der Waals surface area contributed by atoms with Crippen LogP contribution in [0.5, 0.6) is 5.75 Å². The van der Waals surface area contributed by atoms with Crippen molar-refractivity contribution in [2.24, 2.45) is 0 Å². The summed E-state index contributed by atoms with van der Waals surface area (Å²) in [5, 5.41) is 4.36. The fraction of sp³-hybridized carbons (Fsp3) is 0.391. The number of rotatable bonds is 10. The minimum Gasteiger partial charge on any atom is -0.484 e. The van der Waals surface area contributed by atoms with Gasteiger partial charge in [0.2, 0.25) is 5.91 Å². The van der Waals surface area contributed by atoms with Gasteiger partial charge < -0.3 is 15.0 Å². The first kappa shape index (κ1) is 25.3. The number of hydrogen-bond donors (Lipinski definition) is 1. The number of halogens is 3. The number of carbonyl (C=O) groups is 2. The minimum absolute atomic E-state index is 0.00814. The molecule has 31 heavy (non-hydrogen) atoms. The topological polar surface area (TPSA) is 58.6 Å². The Kier molecular flexibility index (Phi) is 9.94. The van der Waals surface area contributed by atoms with Crippen LogP contribution < -0.4 is 10.1 Å². The fourth-order valence-electron chi connectivity index (χ4n) is 2.95. The van der Waals surface area contributed by atoms with Gasteiger partial charge in [0, 0.05) is 17.6 Å². The monoisotopic (exact) mass is 484 g/mol. The maximum absolute atomic E-state index is 13.1. The average Bonchev–Trinajstić information content (AvgIpc) is 2.75.